The zero-order valence-corrected chi connectivity index (χ0v) is 12.2. The van der Waals surface area contributed by atoms with E-state index in [0.717, 1.165) is 31.0 Å². The molecule has 0 amide bonds. The Morgan fingerprint density at radius 2 is 1.90 bits per heavy atom. The van der Waals surface area contributed by atoms with Gasteiger partial charge < -0.3 is 15.0 Å². The third kappa shape index (κ3) is 3.43. The lowest BCUT2D eigenvalue weighted by Crippen LogP contribution is -2.14. The van der Waals surface area contributed by atoms with Crippen LogP contribution in [0.15, 0.2) is 24.3 Å². The summed E-state index contributed by atoms with van der Waals surface area (Å²) >= 11 is 0. The molecule has 0 fully saturated rings. The summed E-state index contributed by atoms with van der Waals surface area (Å²) in [5, 5.41) is 8.42. The molecule has 0 radical (unpaired) electrons. The number of rotatable bonds is 7. The van der Waals surface area contributed by atoms with Gasteiger partial charge in [0.25, 0.3) is 0 Å². The average molecular weight is 274 g/mol. The van der Waals surface area contributed by atoms with Crippen molar-refractivity contribution in [1.82, 2.24) is 14.8 Å². The Bertz CT molecular complexity index is 551. The Kier molecular flexibility index (Phi) is 5.26. The van der Waals surface area contributed by atoms with Crippen LogP contribution in [0.3, 0.4) is 0 Å². The Balaban J connectivity index is 2.09. The van der Waals surface area contributed by atoms with Gasteiger partial charge in [0, 0.05) is 20.1 Å². The summed E-state index contributed by atoms with van der Waals surface area (Å²) in [6.45, 7) is 3.93. The van der Waals surface area contributed by atoms with Gasteiger partial charge in [0.2, 0.25) is 0 Å². The maximum atomic E-state index is 5.70. The first-order valence-electron chi connectivity index (χ1n) is 6.90. The van der Waals surface area contributed by atoms with Crippen LogP contribution in [0, 0.1) is 6.92 Å². The number of hydrogen-bond donors (Lipinski definition) is 1. The summed E-state index contributed by atoms with van der Waals surface area (Å²) in [5.41, 5.74) is 8.37. The number of nitrogens with zero attached hydrogens (tertiary/aromatic N) is 3. The minimum Gasteiger partial charge on any atom is -0.383 e. The molecule has 0 saturated heterocycles. The highest BCUT2D eigenvalue weighted by molar-refractivity contribution is 5.26. The van der Waals surface area contributed by atoms with Gasteiger partial charge in [-0.3, -0.25) is 0 Å². The first-order valence-corrected chi connectivity index (χ1v) is 6.90. The van der Waals surface area contributed by atoms with E-state index in [1.165, 1.54) is 11.1 Å². The van der Waals surface area contributed by atoms with Crippen molar-refractivity contribution < 1.29 is 4.74 Å². The number of methoxy groups -OCH3 is 1. The van der Waals surface area contributed by atoms with Crippen molar-refractivity contribution in [3.63, 3.8) is 0 Å². The predicted octanol–water partition coefficient (Wildman–Crippen LogP) is 1.48. The predicted molar refractivity (Wildman–Crippen MR) is 78.4 cm³/mol. The topological polar surface area (TPSA) is 66.0 Å². The van der Waals surface area contributed by atoms with Gasteiger partial charge in [-0.2, -0.15) is 0 Å². The van der Waals surface area contributed by atoms with E-state index < -0.39 is 0 Å². The van der Waals surface area contributed by atoms with E-state index in [9.17, 15) is 0 Å². The molecule has 20 heavy (non-hydrogen) atoms. The highest BCUT2D eigenvalue weighted by Crippen LogP contribution is 2.11. The molecule has 108 valence electrons. The molecule has 2 N–H and O–H groups in total. The van der Waals surface area contributed by atoms with Crippen LogP contribution in [0.1, 0.15) is 22.8 Å². The number of aromatic nitrogens is 3. The van der Waals surface area contributed by atoms with E-state index in [-0.39, 0.29) is 0 Å². The molecule has 2 aromatic rings. The second-order valence-electron chi connectivity index (χ2n) is 4.81. The van der Waals surface area contributed by atoms with Crippen LogP contribution in [0.5, 0.6) is 0 Å². The third-order valence-corrected chi connectivity index (χ3v) is 3.48. The standard InChI is InChI=1S/C15H22N4O/c1-12-5-3-4-6-13(12)7-8-14-17-18-15(11-16)19(14)9-10-20-2/h3-6H,7-11,16H2,1-2H3. The Morgan fingerprint density at radius 1 is 1.15 bits per heavy atom. The van der Waals surface area contributed by atoms with Crippen molar-refractivity contribution in [2.24, 2.45) is 5.73 Å². The minimum atomic E-state index is 0.404. The summed E-state index contributed by atoms with van der Waals surface area (Å²) in [6, 6.07) is 8.43. The monoisotopic (exact) mass is 274 g/mol. The molecule has 0 bridgehead atoms. The van der Waals surface area contributed by atoms with E-state index in [1.807, 2.05) is 0 Å². The van der Waals surface area contributed by atoms with Gasteiger partial charge in [-0.15, -0.1) is 10.2 Å². The normalized spacial score (nSPS) is 10.9. The molecule has 5 heteroatoms. The molecule has 0 saturated carbocycles. The third-order valence-electron chi connectivity index (χ3n) is 3.48. The second-order valence-corrected chi connectivity index (χ2v) is 4.81. The summed E-state index contributed by atoms with van der Waals surface area (Å²) in [4.78, 5) is 0. The molecule has 0 aliphatic carbocycles. The van der Waals surface area contributed by atoms with Crippen LogP contribution >= 0.6 is 0 Å². The molecule has 2 rings (SSSR count). The summed E-state index contributed by atoms with van der Waals surface area (Å²) in [5.74, 6) is 1.80. The Hall–Kier alpha value is -1.72. The average Bonchev–Trinajstić information content (AvgIpc) is 2.86. The SMILES string of the molecule is COCCn1c(CN)nnc1CCc1ccccc1C. The van der Waals surface area contributed by atoms with E-state index in [4.69, 9.17) is 10.5 Å². The first-order chi connectivity index (χ1) is 9.76. The van der Waals surface area contributed by atoms with Crippen molar-refractivity contribution in [3.05, 3.63) is 47.0 Å². The van der Waals surface area contributed by atoms with E-state index >= 15 is 0 Å². The van der Waals surface area contributed by atoms with Crippen LogP contribution in [0.25, 0.3) is 0 Å². The number of benzene rings is 1. The number of ether oxygens (including phenoxy) is 1. The number of aryl methyl sites for hydroxylation is 3. The van der Waals surface area contributed by atoms with Gasteiger partial charge in [0.05, 0.1) is 13.2 Å². The Labute approximate surface area is 119 Å². The molecular weight excluding hydrogens is 252 g/mol. The fourth-order valence-electron chi connectivity index (χ4n) is 2.29. The van der Waals surface area contributed by atoms with Crippen LogP contribution in [0.4, 0.5) is 0 Å². The van der Waals surface area contributed by atoms with E-state index in [2.05, 4.69) is 46.0 Å². The van der Waals surface area contributed by atoms with Gasteiger partial charge in [0.15, 0.2) is 0 Å². The highest BCUT2D eigenvalue weighted by atomic mass is 16.5. The second kappa shape index (κ2) is 7.17. The molecule has 5 nitrogen and oxygen atoms in total. The lowest BCUT2D eigenvalue weighted by molar-refractivity contribution is 0.185. The molecular formula is C15H22N4O. The largest absolute Gasteiger partial charge is 0.383 e. The smallest absolute Gasteiger partial charge is 0.146 e. The summed E-state index contributed by atoms with van der Waals surface area (Å²) < 4.78 is 7.21. The van der Waals surface area contributed by atoms with Crippen molar-refractivity contribution >= 4 is 0 Å². The van der Waals surface area contributed by atoms with Gasteiger partial charge in [-0.05, 0) is 24.5 Å². The first kappa shape index (κ1) is 14.7. The summed E-state index contributed by atoms with van der Waals surface area (Å²) in [7, 11) is 1.69. The maximum Gasteiger partial charge on any atom is 0.146 e. The lowest BCUT2D eigenvalue weighted by Gasteiger charge is -2.09. The van der Waals surface area contributed by atoms with Crippen molar-refractivity contribution in [2.75, 3.05) is 13.7 Å². The van der Waals surface area contributed by atoms with Gasteiger partial charge in [-0.25, -0.2) is 0 Å². The molecule has 0 spiro atoms. The molecule has 0 aliphatic heterocycles. The van der Waals surface area contributed by atoms with Crippen LogP contribution in [-0.4, -0.2) is 28.5 Å². The van der Waals surface area contributed by atoms with Gasteiger partial charge in [-0.1, -0.05) is 24.3 Å². The molecule has 1 aromatic heterocycles. The molecule has 0 unspecified atom stereocenters. The van der Waals surface area contributed by atoms with Gasteiger partial charge >= 0.3 is 0 Å². The number of hydrogen-bond acceptors (Lipinski definition) is 4. The number of nitrogens with two attached hydrogens (primary N) is 1. The fraction of sp³-hybridized carbons (Fsp3) is 0.467. The van der Waals surface area contributed by atoms with Crippen molar-refractivity contribution in [1.29, 1.82) is 0 Å². The lowest BCUT2D eigenvalue weighted by atomic mass is 10.0. The van der Waals surface area contributed by atoms with Crippen LogP contribution < -0.4 is 5.73 Å². The van der Waals surface area contributed by atoms with Crippen molar-refractivity contribution in [2.45, 2.75) is 32.9 Å². The van der Waals surface area contributed by atoms with Crippen LogP contribution in [-0.2, 0) is 30.7 Å². The molecule has 1 aromatic carbocycles. The van der Waals surface area contributed by atoms with Crippen molar-refractivity contribution in [3.8, 4) is 0 Å². The quantitative estimate of drug-likeness (QED) is 0.830. The highest BCUT2D eigenvalue weighted by Gasteiger charge is 2.11. The van der Waals surface area contributed by atoms with E-state index in [0.29, 0.717) is 13.2 Å². The maximum absolute atomic E-state index is 5.70. The molecule has 0 atom stereocenters. The minimum absolute atomic E-state index is 0.404. The van der Waals surface area contributed by atoms with E-state index in [1.54, 1.807) is 7.11 Å². The van der Waals surface area contributed by atoms with Gasteiger partial charge in [0.1, 0.15) is 11.6 Å². The zero-order valence-electron chi connectivity index (χ0n) is 12.2. The Morgan fingerprint density at radius 3 is 2.60 bits per heavy atom. The fourth-order valence-corrected chi connectivity index (χ4v) is 2.29. The molecule has 0 aliphatic rings. The molecule has 1 heterocycles. The summed E-state index contributed by atoms with van der Waals surface area (Å²) in [6.07, 6.45) is 1.82. The zero-order chi connectivity index (χ0) is 14.4. The van der Waals surface area contributed by atoms with Crippen LogP contribution in [0.2, 0.25) is 0 Å².